The zero-order chi connectivity index (χ0) is 33.0. The molecule has 50 heavy (non-hydrogen) atoms. The monoisotopic (exact) mass is 637 g/mol. The second-order valence-electron chi connectivity index (χ2n) is 12.9. The summed E-state index contributed by atoms with van der Waals surface area (Å²) in [7, 11) is 0. The number of benzene rings is 7. The Hall–Kier alpha value is -6.71. The van der Waals surface area contributed by atoms with Crippen LogP contribution in [0.1, 0.15) is 0 Å². The summed E-state index contributed by atoms with van der Waals surface area (Å²) in [4.78, 5) is 4.55. The first-order chi connectivity index (χ1) is 24.8. The fourth-order valence-corrected chi connectivity index (χ4v) is 7.67. The maximum atomic E-state index is 4.55. The number of aromatic nitrogens is 3. The summed E-state index contributed by atoms with van der Waals surface area (Å²) >= 11 is 0. The van der Waals surface area contributed by atoms with Gasteiger partial charge < -0.3 is 9.13 Å². The van der Waals surface area contributed by atoms with Crippen molar-refractivity contribution in [3.63, 3.8) is 0 Å². The topological polar surface area (TPSA) is 22.8 Å². The van der Waals surface area contributed by atoms with Crippen LogP contribution in [0.5, 0.6) is 0 Å². The molecule has 3 heterocycles. The molecule has 0 aliphatic rings. The van der Waals surface area contributed by atoms with Gasteiger partial charge in [0.2, 0.25) is 0 Å². The van der Waals surface area contributed by atoms with Gasteiger partial charge in [-0.15, -0.1) is 0 Å². The van der Waals surface area contributed by atoms with Gasteiger partial charge in [0, 0.05) is 39.1 Å². The molecule has 10 aromatic rings. The van der Waals surface area contributed by atoms with E-state index in [9.17, 15) is 0 Å². The molecule has 0 amide bonds. The lowest BCUT2D eigenvalue weighted by molar-refractivity contribution is 1.17. The van der Waals surface area contributed by atoms with Crippen LogP contribution in [0.4, 0.5) is 0 Å². The minimum absolute atomic E-state index is 1.10. The highest BCUT2D eigenvalue weighted by atomic mass is 15.0. The van der Waals surface area contributed by atoms with Gasteiger partial charge in [0.05, 0.1) is 28.3 Å². The van der Waals surface area contributed by atoms with Gasteiger partial charge in [0.15, 0.2) is 0 Å². The molecule has 0 spiro atoms. The molecule has 0 atom stereocenters. The Balaban J connectivity index is 1.12. The first kappa shape index (κ1) is 28.3. The summed E-state index contributed by atoms with van der Waals surface area (Å²) in [6, 6.07) is 63.5. The van der Waals surface area contributed by atoms with Crippen molar-refractivity contribution in [1.29, 1.82) is 0 Å². The number of nitrogens with zero attached hydrogens (tertiary/aromatic N) is 3. The van der Waals surface area contributed by atoms with E-state index in [-0.39, 0.29) is 0 Å². The number of hydrogen-bond donors (Lipinski definition) is 0. The molecule has 0 aliphatic carbocycles. The molecule has 0 saturated carbocycles. The molecule has 3 aromatic heterocycles. The fourth-order valence-electron chi connectivity index (χ4n) is 7.67. The summed E-state index contributed by atoms with van der Waals surface area (Å²) < 4.78 is 4.74. The van der Waals surface area contributed by atoms with Crippen LogP contribution in [-0.4, -0.2) is 14.1 Å². The van der Waals surface area contributed by atoms with Crippen LogP contribution in [0.25, 0.3) is 88.4 Å². The van der Waals surface area contributed by atoms with Gasteiger partial charge in [0.25, 0.3) is 0 Å². The maximum Gasteiger partial charge on any atom is 0.0724 e. The third-order valence-electron chi connectivity index (χ3n) is 10.00. The van der Waals surface area contributed by atoms with Gasteiger partial charge in [-0.25, -0.2) is 0 Å². The highest BCUT2D eigenvalue weighted by Gasteiger charge is 2.17. The zero-order valence-electron chi connectivity index (χ0n) is 27.2. The van der Waals surface area contributed by atoms with Gasteiger partial charge in [0.1, 0.15) is 0 Å². The SMILES string of the molecule is c1ccc(-c2cccc(-n3c4ccccc4c4cc(-c5ccc6c(c5)c5ccncc5n6-c5cccc(-c6ccccc6)c5)ccc43)c2)cc1. The lowest BCUT2D eigenvalue weighted by Gasteiger charge is -2.11. The van der Waals surface area contributed by atoms with E-state index in [0.717, 1.165) is 22.4 Å². The molecule has 7 aromatic carbocycles. The summed E-state index contributed by atoms with van der Waals surface area (Å²) in [6.07, 6.45) is 3.88. The van der Waals surface area contributed by atoms with E-state index >= 15 is 0 Å². The Labute approximate surface area is 290 Å². The summed E-state index contributed by atoms with van der Waals surface area (Å²) in [5.74, 6) is 0. The predicted octanol–water partition coefficient (Wildman–Crippen LogP) is 12.3. The van der Waals surface area contributed by atoms with Gasteiger partial charge in [-0.05, 0) is 94.0 Å². The summed E-state index contributed by atoms with van der Waals surface area (Å²) in [6.45, 7) is 0. The van der Waals surface area contributed by atoms with Crippen LogP contribution >= 0.6 is 0 Å². The molecule has 0 radical (unpaired) electrons. The maximum absolute atomic E-state index is 4.55. The van der Waals surface area contributed by atoms with E-state index in [2.05, 4.69) is 190 Å². The van der Waals surface area contributed by atoms with Crippen molar-refractivity contribution < 1.29 is 0 Å². The van der Waals surface area contributed by atoms with Gasteiger partial charge in [-0.2, -0.15) is 0 Å². The summed E-state index contributed by atoms with van der Waals surface area (Å²) in [5.41, 5.74) is 14.2. The predicted molar refractivity (Wildman–Crippen MR) is 209 cm³/mol. The van der Waals surface area contributed by atoms with Crippen LogP contribution in [-0.2, 0) is 0 Å². The highest BCUT2D eigenvalue weighted by molar-refractivity contribution is 6.12. The summed E-state index contributed by atoms with van der Waals surface area (Å²) in [5, 5.41) is 4.90. The number of rotatable bonds is 5. The Kier molecular flexibility index (Phi) is 6.49. The first-order valence-corrected chi connectivity index (χ1v) is 17.0. The molecule has 10 rings (SSSR count). The molecule has 0 aliphatic heterocycles. The van der Waals surface area contributed by atoms with Crippen molar-refractivity contribution in [1.82, 2.24) is 14.1 Å². The number of pyridine rings is 1. The van der Waals surface area contributed by atoms with Crippen molar-refractivity contribution in [2.75, 3.05) is 0 Å². The zero-order valence-corrected chi connectivity index (χ0v) is 27.2. The molecular formula is C47H31N3. The van der Waals surface area contributed by atoms with E-state index in [0.29, 0.717) is 0 Å². The van der Waals surface area contributed by atoms with Crippen LogP contribution in [0.15, 0.2) is 188 Å². The van der Waals surface area contributed by atoms with E-state index in [1.807, 2.05) is 12.4 Å². The number of para-hydroxylation sites is 1. The van der Waals surface area contributed by atoms with E-state index in [1.54, 1.807) is 0 Å². The van der Waals surface area contributed by atoms with Crippen LogP contribution in [0, 0.1) is 0 Å². The average Bonchev–Trinajstić information content (AvgIpc) is 3.71. The first-order valence-electron chi connectivity index (χ1n) is 17.0. The third-order valence-corrected chi connectivity index (χ3v) is 10.00. The van der Waals surface area contributed by atoms with Gasteiger partial charge >= 0.3 is 0 Å². The van der Waals surface area contributed by atoms with E-state index in [1.165, 1.54) is 66.0 Å². The minimum Gasteiger partial charge on any atom is -0.309 e. The normalized spacial score (nSPS) is 11.6. The molecule has 0 saturated heterocycles. The smallest absolute Gasteiger partial charge is 0.0724 e. The fraction of sp³-hybridized carbons (Fsp3) is 0. The second-order valence-corrected chi connectivity index (χ2v) is 12.9. The highest BCUT2D eigenvalue weighted by Crippen LogP contribution is 2.39. The number of hydrogen-bond acceptors (Lipinski definition) is 1. The van der Waals surface area contributed by atoms with E-state index < -0.39 is 0 Å². The van der Waals surface area contributed by atoms with Crippen molar-refractivity contribution in [3.8, 4) is 44.8 Å². The van der Waals surface area contributed by atoms with Crippen LogP contribution in [0.2, 0.25) is 0 Å². The lowest BCUT2D eigenvalue weighted by atomic mass is 10.0. The van der Waals surface area contributed by atoms with Crippen molar-refractivity contribution in [2.24, 2.45) is 0 Å². The number of fused-ring (bicyclic) bond motifs is 6. The van der Waals surface area contributed by atoms with Crippen LogP contribution < -0.4 is 0 Å². The quantitative estimate of drug-likeness (QED) is 0.184. The average molecular weight is 638 g/mol. The Morgan fingerprint density at radius 2 is 0.760 bits per heavy atom. The molecule has 234 valence electrons. The molecule has 3 heteroatoms. The minimum atomic E-state index is 1.10. The van der Waals surface area contributed by atoms with Gasteiger partial charge in [-0.1, -0.05) is 115 Å². The van der Waals surface area contributed by atoms with Gasteiger partial charge in [-0.3, -0.25) is 4.98 Å². The Morgan fingerprint density at radius 3 is 1.36 bits per heavy atom. The van der Waals surface area contributed by atoms with Crippen LogP contribution in [0.3, 0.4) is 0 Å². The Bertz CT molecular complexity index is 2660. The third kappa shape index (κ3) is 4.56. The second kappa shape index (κ2) is 11.5. The standard InChI is InChI=1S/C47H31N3/c1-3-11-32(12-4-1)34-15-9-17-38(27-34)49-44-20-8-7-19-40(44)42-29-36(21-23-45(42)49)37-22-24-46-43(30-37)41-25-26-48-31-47(41)50(46)39-18-10-16-35(28-39)33-13-5-2-6-14-33/h1-31H. The molecule has 3 nitrogen and oxygen atoms in total. The molecular weight excluding hydrogens is 607 g/mol. The lowest BCUT2D eigenvalue weighted by Crippen LogP contribution is -1.95. The van der Waals surface area contributed by atoms with Crippen molar-refractivity contribution >= 4 is 43.6 Å². The molecule has 0 fully saturated rings. The molecule has 0 N–H and O–H groups in total. The Morgan fingerprint density at radius 1 is 0.300 bits per heavy atom. The molecule has 0 unspecified atom stereocenters. The van der Waals surface area contributed by atoms with Crippen molar-refractivity contribution in [2.45, 2.75) is 0 Å². The van der Waals surface area contributed by atoms with E-state index in [4.69, 9.17) is 0 Å². The largest absolute Gasteiger partial charge is 0.309 e. The molecule has 0 bridgehead atoms. The van der Waals surface area contributed by atoms with Crippen molar-refractivity contribution in [3.05, 3.63) is 188 Å².